The van der Waals surface area contributed by atoms with E-state index in [-0.39, 0.29) is 42.5 Å². The summed E-state index contributed by atoms with van der Waals surface area (Å²) in [6.45, 7) is 1.57. The quantitative estimate of drug-likeness (QED) is 0.702. The Kier molecular flexibility index (Phi) is 6.23. The highest BCUT2D eigenvalue weighted by Crippen LogP contribution is 2.23. The molecule has 1 saturated heterocycles. The summed E-state index contributed by atoms with van der Waals surface area (Å²) in [4.78, 5) is 36.5. The van der Waals surface area contributed by atoms with Crippen LogP contribution in [0.15, 0.2) is 23.3 Å². The van der Waals surface area contributed by atoms with Crippen molar-refractivity contribution < 1.29 is 22.8 Å². The molecule has 156 valence electrons. The number of hydrogen-bond donors (Lipinski definition) is 2. The molecule has 9 nitrogen and oxygen atoms in total. The van der Waals surface area contributed by atoms with E-state index in [0.717, 1.165) is 10.6 Å². The Morgan fingerprint density at radius 3 is 2.72 bits per heavy atom. The lowest BCUT2D eigenvalue weighted by atomic mass is 10.1. The van der Waals surface area contributed by atoms with Crippen molar-refractivity contribution in [2.75, 3.05) is 23.4 Å². The molecule has 0 radical (unpaired) electrons. The first-order chi connectivity index (χ1) is 13.6. The highest BCUT2D eigenvalue weighted by molar-refractivity contribution is 7.91. The van der Waals surface area contributed by atoms with E-state index in [1.807, 2.05) is 6.92 Å². The SMILES string of the molecule is Cc1ccc(NC(=O)CNC(=O)C2=NN(C3CCS(=O)(=O)C3)C(=O)CC2)c(Cl)c1. The molecule has 0 spiro atoms. The van der Waals surface area contributed by atoms with Gasteiger partial charge in [-0.1, -0.05) is 17.7 Å². The molecule has 3 rings (SSSR count). The molecule has 1 unspecified atom stereocenters. The van der Waals surface area contributed by atoms with Crippen molar-refractivity contribution in [3.05, 3.63) is 28.8 Å². The minimum atomic E-state index is -3.19. The van der Waals surface area contributed by atoms with Crippen LogP contribution in [0.4, 0.5) is 5.69 Å². The Morgan fingerprint density at radius 2 is 2.07 bits per heavy atom. The highest BCUT2D eigenvalue weighted by atomic mass is 35.5. The van der Waals surface area contributed by atoms with Crippen molar-refractivity contribution in [3.63, 3.8) is 0 Å². The van der Waals surface area contributed by atoms with Crippen LogP contribution in [0.3, 0.4) is 0 Å². The van der Waals surface area contributed by atoms with E-state index in [0.29, 0.717) is 17.1 Å². The average Bonchev–Trinajstić information content (AvgIpc) is 3.02. The van der Waals surface area contributed by atoms with Gasteiger partial charge in [-0.2, -0.15) is 5.10 Å². The van der Waals surface area contributed by atoms with Crippen LogP contribution in [0, 0.1) is 6.92 Å². The van der Waals surface area contributed by atoms with Crippen LogP contribution in [-0.2, 0) is 24.2 Å². The predicted octanol–water partition coefficient (Wildman–Crippen LogP) is 0.869. The Morgan fingerprint density at radius 1 is 1.31 bits per heavy atom. The molecular formula is C18H21ClN4O5S. The number of hydrogen-bond acceptors (Lipinski definition) is 6. The average molecular weight is 441 g/mol. The zero-order valence-electron chi connectivity index (χ0n) is 15.8. The van der Waals surface area contributed by atoms with Crippen molar-refractivity contribution in [2.45, 2.75) is 32.2 Å². The number of aryl methyl sites for hydroxylation is 1. The van der Waals surface area contributed by atoms with Crippen molar-refractivity contribution >= 4 is 50.6 Å². The van der Waals surface area contributed by atoms with Gasteiger partial charge in [0, 0.05) is 12.8 Å². The standard InChI is InChI=1S/C18H21ClN4O5S/c1-11-2-3-14(13(19)8-11)21-16(24)9-20-18(26)15-4-5-17(25)23(22-15)12-6-7-29(27,28)10-12/h2-3,8,12H,4-7,9-10H2,1H3,(H,20,26)(H,21,24). The zero-order chi connectivity index (χ0) is 21.2. The number of sulfone groups is 1. The van der Waals surface area contributed by atoms with E-state index >= 15 is 0 Å². The summed E-state index contributed by atoms with van der Waals surface area (Å²) < 4.78 is 23.3. The second-order valence-electron chi connectivity index (χ2n) is 7.06. The highest BCUT2D eigenvalue weighted by Gasteiger charge is 2.37. The Hall–Kier alpha value is -2.46. The fourth-order valence-electron chi connectivity index (χ4n) is 3.17. The van der Waals surface area contributed by atoms with Crippen LogP contribution in [0.5, 0.6) is 0 Å². The maximum Gasteiger partial charge on any atom is 0.267 e. The first-order valence-corrected chi connectivity index (χ1v) is 11.3. The predicted molar refractivity (Wildman–Crippen MR) is 108 cm³/mol. The number of amides is 3. The van der Waals surface area contributed by atoms with E-state index in [1.165, 1.54) is 0 Å². The Bertz CT molecular complexity index is 992. The van der Waals surface area contributed by atoms with Crippen LogP contribution in [0.25, 0.3) is 0 Å². The van der Waals surface area contributed by atoms with Crippen LogP contribution in [0.2, 0.25) is 5.02 Å². The summed E-state index contributed by atoms with van der Waals surface area (Å²) in [5.41, 5.74) is 1.48. The largest absolute Gasteiger partial charge is 0.342 e. The Balaban J connectivity index is 1.59. The molecule has 1 atom stereocenters. The van der Waals surface area contributed by atoms with E-state index in [1.54, 1.807) is 18.2 Å². The summed E-state index contributed by atoms with van der Waals surface area (Å²) in [6.07, 6.45) is 0.492. The molecule has 1 aromatic rings. The van der Waals surface area contributed by atoms with Gasteiger partial charge in [0.15, 0.2) is 9.84 Å². The van der Waals surface area contributed by atoms with Gasteiger partial charge in [-0.15, -0.1) is 0 Å². The van der Waals surface area contributed by atoms with Gasteiger partial charge < -0.3 is 10.6 Å². The van der Waals surface area contributed by atoms with E-state index < -0.39 is 27.7 Å². The van der Waals surface area contributed by atoms with Gasteiger partial charge in [-0.25, -0.2) is 13.4 Å². The molecule has 2 heterocycles. The lowest BCUT2D eigenvalue weighted by molar-refractivity contribution is -0.133. The van der Waals surface area contributed by atoms with Gasteiger partial charge in [-0.05, 0) is 31.0 Å². The van der Waals surface area contributed by atoms with Crippen LogP contribution >= 0.6 is 11.6 Å². The number of halogens is 1. The van der Waals surface area contributed by atoms with Gasteiger partial charge in [0.2, 0.25) is 11.8 Å². The molecule has 0 aromatic heterocycles. The summed E-state index contributed by atoms with van der Waals surface area (Å²) in [5, 5.41) is 10.6. The van der Waals surface area contributed by atoms with Crippen LogP contribution in [-0.4, -0.2) is 61.0 Å². The lowest BCUT2D eigenvalue weighted by Crippen LogP contribution is -2.45. The van der Waals surface area contributed by atoms with Crippen molar-refractivity contribution in [1.29, 1.82) is 0 Å². The molecule has 11 heteroatoms. The number of rotatable bonds is 5. The van der Waals surface area contributed by atoms with E-state index in [2.05, 4.69) is 15.7 Å². The first kappa shape index (κ1) is 21.3. The maximum atomic E-state index is 12.4. The molecule has 29 heavy (non-hydrogen) atoms. The minimum Gasteiger partial charge on any atom is -0.342 e. The van der Waals surface area contributed by atoms with Gasteiger partial charge in [0.25, 0.3) is 5.91 Å². The summed E-state index contributed by atoms with van der Waals surface area (Å²) in [6, 6.07) is 4.62. The third-order valence-electron chi connectivity index (χ3n) is 4.68. The second-order valence-corrected chi connectivity index (χ2v) is 9.69. The molecule has 1 aromatic carbocycles. The van der Waals surface area contributed by atoms with Crippen LogP contribution in [0.1, 0.15) is 24.8 Å². The maximum absolute atomic E-state index is 12.4. The fourth-order valence-corrected chi connectivity index (χ4v) is 5.14. The van der Waals surface area contributed by atoms with Crippen molar-refractivity contribution in [2.24, 2.45) is 5.10 Å². The number of nitrogens with one attached hydrogen (secondary N) is 2. The molecule has 0 saturated carbocycles. The molecule has 2 N–H and O–H groups in total. The second kappa shape index (κ2) is 8.50. The number of benzene rings is 1. The normalized spacial score (nSPS) is 20.9. The number of carbonyl (C=O) groups excluding carboxylic acids is 3. The zero-order valence-corrected chi connectivity index (χ0v) is 17.3. The summed E-state index contributed by atoms with van der Waals surface area (Å²) in [5.74, 6) is -1.50. The first-order valence-electron chi connectivity index (χ1n) is 9.09. The van der Waals surface area contributed by atoms with Gasteiger partial charge in [0.1, 0.15) is 5.71 Å². The van der Waals surface area contributed by atoms with Crippen molar-refractivity contribution in [3.8, 4) is 0 Å². The molecular weight excluding hydrogens is 420 g/mol. The van der Waals surface area contributed by atoms with Gasteiger partial charge in [-0.3, -0.25) is 14.4 Å². The smallest absolute Gasteiger partial charge is 0.267 e. The topological polar surface area (TPSA) is 125 Å². The third kappa shape index (κ3) is 5.33. The number of carbonyl (C=O) groups is 3. The monoisotopic (exact) mass is 440 g/mol. The van der Waals surface area contributed by atoms with Gasteiger partial charge >= 0.3 is 0 Å². The molecule has 2 aliphatic rings. The Labute approximate surface area is 173 Å². The third-order valence-corrected chi connectivity index (χ3v) is 6.75. The number of hydrazone groups is 1. The molecule has 0 bridgehead atoms. The van der Waals surface area contributed by atoms with Crippen molar-refractivity contribution in [1.82, 2.24) is 10.3 Å². The summed E-state index contributed by atoms with van der Waals surface area (Å²) >= 11 is 6.07. The van der Waals surface area contributed by atoms with E-state index in [4.69, 9.17) is 11.6 Å². The number of nitrogens with zero attached hydrogens (tertiary/aromatic N) is 2. The van der Waals surface area contributed by atoms with Gasteiger partial charge in [0.05, 0.1) is 34.8 Å². The van der Waals surface area contributed by atoms with E-state index in [9.17, 15) is 22.8 Å². The number of anilines is 1. The molecule has 1 fully saturated rings. The summed E-state index contributed by atoms with van der Waals surface area (Å²) in [7, 11) is -3.19. The molecule has 0 aliphatic carbocycles. The molecule has 3 amide bonds. The lowest BCUT2D eigenvalue weighted by Gasteiger charge is -2.27. The fraction of sp³-hybridized carbons (Fsp3) is 0.444. The van der Waals surface area contributed by atoms with Crippen LogP contribution < -0.4 is 10.6 Å². The molecule has 2 aliphatic heterocycles. The minimum absolute atomic E-state index is 0.000236.